The van der Waals surface area contributed by atoms with Crippen LogP contribution in [0.1, 0.15) is 13.8 Å². The second-order valence-electron chi connectivity index (χ2n) is 3.75. The molecule has 1 heterocycles. The van der Waals surface area contributed by atoms with Crippen LogP contribution < -0.4 is 0 Å². The van der Waals surface area contributed by atoms with Crippen molar-refractivity contribution in [2.45, 2.75) is 20.0 Å². The summed E-state index contributed by atoms with van der Waals surface area (Å²) in [6, 6.07) is 0. The molecule has 17 heavy (non-hydrogen) atoms. The van der Waals surface area contributed by atoms with Gasteiger partial charge in [0.15, 0.2) is 5.92 Å². The van der Waals surface area contributed by atoms with E-state index in [1.54, 1.807) is 13.8 Å². The molecule has 1 N–H and O–H groups in total. The fraction of sp³-hybridized carbons (Fsp3) is 0.818. The van der Waals surface area contributed by atoms with E-state index in [2.05, 4.69) is 0 Å². The van der Waals surface area contributed by atoms with E-state index in [9.17, 15) is 14.7 Å². The number of ether oxygens (including phenoxy) is 3. The molecular formula is C11H18O6. The first kappa shape index (κ1) is 13.9. The van der Waals surface area contributed by atoms with Gasteiger partial charge in [-0.15, -0.1) is 0 Å². The van der Waals surface area contributed by atoms with Crippen LogP contribution >= 0.6 is 0 Å². The molecule has 0 aromatic rings. The van der Waals surface area contributed by atoms with Crippen molar-refractivity contribution in [3.05, 3.63) is 0 Å². The molecule has 1 aliphatic heterocycles. The number of hydrogen-bond acceptors (Lipinski definition) is 6. The summed E-state index contributed by atoms with van der Waals surface area (Å²) < 4.78 is 14.7. The molecule has 0 bridgehead atoms. The number of carbonyl (C=O) groups excluding carboxylic acids is 2. The largest absolute Gasteiger partial charge is 0.465 e. The summed E-state index contributed by atoms with van der Waals surface area (Å²) in [6.45, 7) is 3.95. The van der Waals surface area contributed by atoms with Gasteiger partial charge in [0.05, 0.1) is 32.5 Å². The summed E-state index contributed by atoms with van der Waals surface area (Å²) in [7, 11) is 0. The highest BCUT2D eigenvalue weighted by Crippen LogP contribution is 2.25. The van der Waals surface area contributed by atoms with Gasteiger partial charge in [-0.2, -0.15) is 0 Å². The molecule has 6 nitrogen and oxygen atoms in total. The van der Waals surface area contributed by atoms with Crippen molar-refractivity contribution in [3.8, 4) is 0 Å². The molecule has 0 aromatic heterocycles. The van der Waals surface area contributed by atoms with Gasteiger partial charge >= 0.3 is 11.9 Å². The standard InChI is InChI=1S/C11H18O6/c1-3-16-10(13)9(11(14)17-4-2)7-5-15-6-8(7)12/h7-9,12H,3-6H2,1-2H3/t7-,8-/m1/s1. The average molecular weight is 246 g/mol. The molecule has 98 valence electrons. The summed E-state index contributed by atoms with van der Waals surface area (Å²) in [5.41, 5.74) is 0. The highest BCUT2D eigenvalue weighted by atomic mass is 16.6. The smallest absolute Gasteiger partial charge is 0.320 e. The minimum atomic E-state index is -1.10. The van der Waals surface area contributed by atoms with E-state index < -0.39 is 29.9 Å². The zero-order valence-corrected chi connectivity index (χ0v) is 10.0. The fourth-order valence-corrected chi connectivity index (χ4v) is 1.79. The van der Waals surface area contributed by atoms with Gasteiger partial charge in [-0.05, 0) is 13.8 Å². The van der Waals surface area contributed by atoms with Crippen molar-refractivity contribution in [2.24, 2.45) is 11.8 Å². The van der Waals surface area contributed by atoms with E-state index in [1.807, 2.05) is 0 Å². The maximum Gasteiger partial charge on any atom is 0.320 e. The Bertz CT molecular complexity index is 259. The minimum Gasteiger partial charge on any atom is -0.465 e. The number of hydrogen-bond donors (Lipinski definition) is 1. The molecule has 0 amide bonds. The second kappa shape index (κ2) is 6.56. The van der Waals surface area contributed by atoms with Crippen molar-refractivity contribution in [1.82, 2.24) is 0 Å². The Balaban J connectivity index is 2.77. The molecule has 0 aromatic carbocycles. The third-order valence-corrected chi connectivity index (χ3v) is 2.60. The molecule has 0 saturated carbocycles. The van der Waals surface area contributed by atoms with Gasteiger partial charge in [-0.1, -0.05) is 0 Å². The summed E-state index contributed by atoms with van der Waals surface area (Å²) in [5.74, 6) is -3.03. The van der Waals surface area contributed by atoms with Gasteiger partial charge in [0.1, 0.15) is 0 Å². The van der Waals surface area contributed by atoms with Gasteiger partial charge in [-0.25, -0.2) is 0 Å². The van der Waals surface area contributed by atoms with Crippen LogP contribution in [0.25, 0.3) is 0 Å². The van der Waals surface area contributed by atoms with Crippen molar-refractivity contribution in [3.63, 3.8) is 0 Å². The van der Waals surface area contributed by atoms with Crippen molar-refractivity contribution >= 4 is 11.9 Å². The quantitative estimate of drug-likeness (QED) is 0.531. The number of aliphatic hydroxyl groups is 1. The van der Waals surface area contributed by atoms with Gasteiger partial charge < -0.3 is 19.3 Å². The first-order valence-corrected chi connectivity index (χ1v) is 5.70. The average Bonchev–Trinajstić information content (AvgIpc) is 2.66. The highest BCUT2D eigenvalue weighted by molar-refractivity contribution is 5.95. The maximum absolute atomic E-state index is 11.7. The Hall–Kier alpha value is -1.14. The van der Waals surface area contributed by atoms with Gasteiger partial charge in [-0.3, -0.25) is 9.59 Å². The highest BCUT2D eigenvalue weighted by Gasteiger charge is 2.44. The lowest BCUT2D eigenvalue weighted by molar-refractivity contribution is -0.166. The Kier molecular flexibility index (Phi) is 5.37. The summed E-state index contributed by atoms with van der Waals surface area (Å²) in [5, 5.41) is 9.65. The molecule has 1 fully saturated rings. The van der Waals surface area contributed by atoms with Gasteiger partial charge in [0, 0.05) is 5.92 Å². The van der Waals surface area contributed by atoms with E-state index in [-0.39, 0.29) is 26.4 Å². The molecule has 1 aliphatic rings. The van der Waals surface area contributed by atoms with Gasteiger partial charge in [0.2, 0.25) is 0 Å². The van der Waals surface area contributed by atoms with Crippen LogP contribution in [0.15, 0.2) is 0 Å². The molecule has 6 heteroatoms. The van der Waals surface area contributed by atoms with Crippen LogP contribution in [-0.2, 0) is 23.8 Å². The van der Waals surface area contributed by atoms with Crippen LogP contribution in [0.5, 0.6) is 0 Å². The molecular weight excluding hydrogens is 228 g/mol. The monoisotopic (exact) mass is 246 g/mol. The zero-order valence-electron chi connectivity index (χ0n) is 10.0. The van der Waals surface area contributed by atoms with Crippen molar-refractivity contribution in [1.29, 1.82) is 0 Å². The van der Waals surface area contributed by atoms with Crippen molar-refractivity contribution < 1.29 is 28.9 Å². The molecule has 2 atom stereocenters. The van der Waals surface area contributed by atoms with Crippen LogP contribution in [0.3, 0.4) is 0 Å². The third kappa shape index (κ3) is 3.41. The van der Waals surface area contributed by atoms with Crippen LogP contribution in [0, 0.1) is 11.8 Å². The number of rotatable bonds is 5. The second-order valence-corrected chi connectivity index (χ2v) is 3.75. The minimum absolute atomic E-state index is 0.125. The SMILES string of the molecule is CCOC(=O)C(C(=O)OCC)[C@@H]1COC[C@H]1O. The Morgan fingerprint density at radius 3 is 2.12 bits per heavy atom. The van der Waals surface area contributed by atoms with E-state index >= 15 is 0 Å². The number of esters is 2. The van der Waals surface area contributed by atoms with Gasteiger partial charge in [0.25, 0.3) is 0 Å². The summed E-state index contributed by atoms with van der Waals surface area (Å²) in [4.78, 5) is 23.4. The maximum atomic E-state index is 11.7. The van der Waals surface area contributed by atoms with E-state index in [1.165, 1.54) is 0 Å². The van der Waals surface area contributed by atoms with E-state index in [4.69, 9.17) is 14.2 Å². The summed E-state index contributed by atoms with van der Waals surface area (Å²) >= 11 is 0. The third-order valence-electron chi connectivity index (χ3n) is 2.60. The lowest BCUT2D eigenvalue weighted by Gasteiger charge is -2.21. The predicted octanol–water partition coefficient (Wildman–Crippen LogP) is -0.264. The van der Waals surface area contributed by atoms with Crippen LogP contribution in [-0.4, -0.2) is 49.6 Å². The Morgan fingerprint density at radius 1 is 1.24 bits per heavy atom. The zero-order chi connectivity index (χ0) is 12.8. The van der Waals surface area contributed by atoms with E-state index in [0.717, 1.165) is 0 Å². The Labute approximate surface area is 99.8 Å². The first-order valence-electron chi connectivity index (χ1n) is 5.70. The lowest BCUT2D eigenvalue weighted by Crippen LogP contribution is -2.39. The molecule has 1 saturated heterocycles. The van der Waals surface area contributed by atoms with E-state index in [0.29, 0.717) is 0 Å². The topological polar surface area (TPSA) is 82.1 Å². The Morgan fingerprint density at radius 2 is 1.76 bits per heavy atom. The molecule has 0 spiro atoms. The summed E-state index contributed by atoms with van der Waals surface area (Å²) in [6.07, 6.45) is -0.839. The normalized spacial score (nSPS) is 23.8. The fourth-order valence-electron chi connectivity index (χ4n) is 1.79. The van der Waals surface area contributed by atoms with Crippen LogP contribution in [0.2, 0.25) is 0 Å². The van der Waals surface area contributed by atoms with Crippen LogP contribution in [0.4, 0.5) is 0 Å². The first-order chi connectivity index (χ1) is 8.11. The molecule has 0 unspecified atom stereocenters. The molecule has 0 aliphatic carbocycles. The molecule has 1 rings (SSSR count). The number of aliphatic hydroxyl groups excluding tert-OH is 1. The lowest BCUT2D eigenvalue weighted by atomic mass is 9.90. The van der Waals surface area contributed by atoms with Crippen molar-refractivity contribution in [2.75, 3.05) is 26.4 Å². The number of carbonyl (C=O) groups is 2. The predicted molar refractivity (Wildman–Crippen MR) is 57.1 cm³/mol. The molecule has 0 radical (unpaired) electrons.